The molecule has 2 heterocycles. The van der Waals surface area contributed by atoms with Crippen molar-refractivity contribution in [2.45, 2.75) is 24.8 Å². The number of hydrogen-bond donors (Lipinski definition) is 1. The number of nitrogens with zero attached hydrogens (tertiary/aromatic N) is 4. The fourth-order valence-corrected chi connectivity index (χ4v) is 2.90. The minimum absolute atomic E-state index is 0. The van der Waals surface area contributed by atoms with E-state index in [9.17, 15) is 0 Å². The third-order valence-corrected chi connectivity index (χ3v) is 4.49. The maximum Gasteiger partial charge on any atom is 0.278 e. The molecule has 1 aliphatic carbocycles. The van der Waals surface area contributed by atoms with Gasteiger partial charge in [0.15, 0.2) is 11.5 Å². The molecule has 1 fully saturated rings. The lowest BCUT2D eigenvalue weighted by Gasteiger charge is -2.34. The highest BCUT2D eigenvalue weighted by Crippen LogP contribution is 2.37. The van der Waals surface area contributed by atoms with E-state index >= 15 is 0 Å². The van der Waals surface area contributed by atoms with Crippen molar-refractivity contribution in [2.75, 3.05) is 0 Å². The van der Waals surface area contributed by atoms with Crippen LogP contribution in [0.4, 0.5) is 0 Å². The zero-order valence-corrected chi connectivity index (χ0v) is 14.5. The Bertz CT molecular complexity index is 827. The molecule has 1 saturated carbocycles. The summed E-state index contributed by atoms with van der Waals surface area (Å²) in [4.78, 5) is 4.41. The van der Waals surface area contributed by atoms with Crippen molar-refractivity contribution < 1.29 is 4.52 Å². The number of hydrogen-bond acceptors (Lipinski definition) is 5. The third-order valence-electron chi connectivity index (χ3n) is 4.00. The molecule has 0 bridgehead atoms. The minimum Gasteiger partial charge on any atom is -0.332 e. The molecule has 4 rings (SSSR count). The van der Waals surface area contributed by atoms with Crippen LogP contribution in [0.5, 0.6) is 0 Å². The average molecular weight is 397 g/mol. The Kier molecular flexibility index (Phi) is 4.27. The van der Waals surface area contributed by atoms with E-state index < -0.39 is 5.54 Å². The molecule has 2 N–H and O–H groups in total. The van der Waals surface area contributed by atoms with E-state index in [1.807, 2.05) is 36.5 Å². The Balaban J connectivity index is 0.00000156. The van der Waals surface area contributed by atoms with E-state index in [2.05, 4.69) is 31.2 Å². The molecular formula is C15H15BrClN5O. The molecule has 1 aromatic carbocycles. The van der Waals surface area contributed by atoms with E-state index in [1.165, 1.54) is 0 Å². The molecule has 8 heteroatoms. The number of rotatable bonds is 3. The predicted molar refractivity (Wildman–Crippen MR) is 91.5 cm³/mol. The minimum atomic E-state index is -0.422. The van der Waals surface area contributed by atoms with Crippen LogP contribution < -0.4 is 5.73 Å². The second kappa shape index (κ2) is 6.07. The monoisotopic (exact) mass is 395 g/mol. The van der Waals surface area contributed by atoms with Gasteiger partial charge in [0.2, 0.25) is 0 Å². The van der Waals surface area contributed by atoms with Gasteiger partial charge in [-0.15, -0.1) is 12.4 Å². The molecule has 0 amide bonds. The summed E-state index contributed by atoms with van der Waals surface area (Å²) < 4.78 is 8.09. The van der Waals surface area contributed by atoms with Crippen LogP contribution in [0.3, 0.4) is 0 Å². The Morgan fingerprint density at radius 3 is 2.78 bits per heavy atom. The van der Waals surface area contributed by atoms with Crippen molar-refractivity contribution in [3.63, 3.8) is 0 Å². The summed E-state index contributed by atoms with van der Waals surface area (Å²) in [6, 6.07) is 9.74. The molecule has 23 heavy (non-hydrogen) atoms. The van der Waals surface area contributed by atoms with E-state index in [0.717, 1.165) is 29.4 Å². The van der Waals surface area contributed by atoms with Crippen LogP contribution in [0.2, 0.25) is 0 Å². The van der Waals surface area contributed by atoms with Gasteiger partial charge < -0.3 is 10.3 Å². The summed E-state index contributed by atoms with van der Waals surface area (Å²) in [7, 11) is 0. The van der Waals surface area contributed by atoms with Crippen molar-refractivity contribution in [1.29, 1.82) is 0 Å². The van der Waals surface area contributed by atoms with Crippen molar-refractivity contribution in [2.24, 2.45) is 5.73 Å². The van der Waals surface area contributed by atoms with Crippen molar-refractivity contribution in [1.82, 2.24) is 19.9 Å². The van der Waals surface area contributed by atoms with Gasteiger partial charge in [-0.25, -0.2) is 4.68 Å². The standard InChI is InChI=1S/C15H14BrN5O.ClH/c16-10-3-1-4-11(9-10)21-8-5-12(19-21)13-18-14(20-22-13)15(17)6-2-7-15;/h1,3-5,8-9H,2,6-7,17H2;1H. The van der Waals surface area contributed by atoms with Gasteiger partial charge >= 0.3 is 0 Å². The lowest BCUT2D eigenvalue weighted by atomic mass is 9.77. The second-order valence-corrected chi connectivity index (χ2v) is 6.47. The summed E-state index contributed by atoms with van der Waals surface area (Å²) in [6.45, 7) is 0. The number of benzene rings is 1. The van der Waals surface area contributed by atoms with E-state index in [1.54, 1.807) is 4.68 Å². The van der Waals surface area contributed by atoms with E-state index in [-0.39, 0.29) is 12.4 Å². The molecule has 0 radical (unpaired) electrons. The van der Waals surface area contributed by atoms with Gasteiger partial charge in [0.1, 0.15) is 0 Å². The van der Waals surface area contributed by atoms with E-state index in [0.29, 0.717) is 17.4 Å². The summed E-state index contributed by atoms with van der Waals surface area (Å²) in [5.41, 5.74) is 7.38. The first kappa shape index (κ1) is 16.2. The van der Waals surface area contributed by atoms with Crippen molar-refractivity contribution in [3.8, 4) is 17.3 Å². The fraction of sp³-hybridized carbons (Fsp3) is 0.267. The highest BCUT2D eigenvalue weighted by atomic mass is 79.9. The molecule has 0 atom stereocenters. The first-order valence-electron chi connectivity index (χ1n) is 7.09. The Morgan fingerprint density at radius 1 is 1.26 bits per heavy atom. The topological polar surface area (TPSA) is 82.8 Å². The maximum absolute atomic E-state index is 6.21. The average Bonchev–Trinajstić information content (AvgIpc) is 3.14. The van der Waals surface area contributed by atoms with E-state index in [4.69, 9.17) is 10.3 Å². The van der Waals surface area contributed by atoms with Gasteiger partial charge in [-0.1, -0.05) is 27.2 Å². The maximum atomic E-state index is 6.21. The smallest absolute Gasteiger partial charge is 0.278 e. The first-order valence-corrected chi connectivity index (χ1v) is 7.88. The Labute approximate surface area is 147 Å². The molecule has 120 valence electrons. The number of nitrogens with two attached hydrogens (primary N) is 1. The lowest BCUT2D eigenvalue weighted by molar-refractivity contribution is 0.229. The van der Waals surface area contributed by atoms with Crippen molar-refractivity contribution >= 4 is 28.3 Å². The van der Waals surface area contributed by atoms with Crippen LogP contribution in [0.15, 0.2) is 45.5 Å². The summed E-state index contributed by atoms with van der Waals surface area (Å²) in [6.07, 6.45) is 4.78. The first-order chi connectivity index (χ1) is 10.6. The predicted octanol–water partition coefficient (Wildman–Crippen LogP) is 3.44. The summed E-state index contributed by atoms with van der Waals surface area (Å²) in [5, 5.41) is 8.50. The molecule has 1 aliphatic rings. The fourth-order valence-electron chi connectivity index (χ4n) is 2.51. The second-order valence-electron chi connectivity index (χ2n) is 5.56. The van der Waals surface area contributed by atoms with Crippen LogP contribution in [0, 0.1) is 0 Å². The highest BCUT2D eigenvalue weighted by molar-refractivity contribution is 9.10. The normalized spacial score (nSPS) is 15.7. The Hall–Kier alpha value is -1.70. The summed E-state index contributed by atoms with van der Waals surface area (Å²) in [5.74, 6) is 0.978. The zero-order chi connectivity index (χ0) is 15.2. The molecule has 3 aromatic rings. The lowest BCUT2D eigenvalue weighted by Crippen LogP contribution is -2.44. The quantitative estimate of drug-likeness (QED) is 0.733. The SMILES string of the molecule is Cl.NC1(c2noc(-c3ccn(-c4cccc(Br)c4)n3)n2)CCC1. The molecular weight excluding hydrogens is 382 g/mol. The van der Waals surface area contributed by atoms with Crippen molar-refractivity contribution in [3.05, 3.63) is 46.8 Å². The van der Waals surface area contributed by atoms with Gasteiger partial charge in [0.25, 0.3) is 5.89 Å². The molecule has 0 aliphatic heterocycles. The van der Waals surface area contributed by atoms with Gasteiger partial charge in [-0.3, -0.25) is 0 Å². The molecule has 0 unspecified atom stereocenters. The van der Waals surface area contributed by atoms with Gasteiger partial charge in [0, 0.05) is 10.7 Å². The van der Waals surface area contributed by atoms with Crippen LogP contribution in [0.1, 0.15) is 25.1 Å². The van der Waals surface area contributed by atoms with Gasteiger partial charge in [-0.05, 0) is 43.5 Å². The summed E-state index contributed by atoms with van der Waals surface area (Å²) >= 11 is 3.45. The van der Waals surface area contributed by atoms with Crippen LogP contribution >= 0.6 is 28.3 Å². The molecule has 6 nitrogen and oxygen atoms in total. The van der Waals surface area contributed by atoms with Gasteiger partial charge in [-0.2, -0.15) is 10.1 Å². The van der Waals surface area contributed by atoms with Gasteiger partial charge in [0.05, 0.1) is 11.2 Å². The molecule has 0 spiro atoms. The number of aromatic nitrogens is 4. The molecule has 2 aromatic heterocycles. The third kappa shape index (κ3) is 2.91. The largest absolute Gasteiger partial charge is 0.332 e. The number of halogens is 2. The zero-order valence-electron chi connectivity index (χ0n) is 12.1. The van der Waals surface area contributed by atoms with Crippen LogP contribution in [-0.4, -0.2) is 19.9 Å². The Morgan fingerprint density at radius 2 is 2.09 bits per heavy atom. The van der Waals surface area contributed by atoms with Crippen LogP contribution in [-0.2, 0) is 5.54 Å². The molecule has 0 saturated heterocycles. The highest BCUT2D eigenvalue weighted by Gasteiger charge is 2.39. The van der Waals surface area contributed by atoms with Crippen LogP contribution in [0.25, 0.3) is 17.3 Å².